The number of carbonyl (C=O) groups is 1. The highest BCUT2D eigenvalue weighted by Gasteiger charge is 2.21. The minimum Gasteiger partial charge on any atom is -0.383 e. The molecule has 70 valence electrons. The maximum Gasteiger partial charge on any atom is 0.222 e. The summed E-state index contributed by atoms with van der Waals surface area (Å²) < 4.78 is 4.93. The molecule has 0 spiro atoms. The summed E-state index contributed by atoms with van der Waals surface area (Å²) in [5, 5.41) is 0. The molecular weight excluding hydrogens is 154 g/mol. The van der Waals surface area contributed by atoms with E-state index in [1.807, 2.05) is 4.90 Å². The van der Waals surface area contributed by atoms with Gasteiger partial charge in [0.05, 0.1) is 6.61 Å². The van der Waals surface area contributed by atoms with Crippen molar-refractivity contribution in [3.8, 4) is 0 Å². The van der Waals surface area contributed by atoms with Crippen LogP contribution in [-0.4, -0.2) is 37.6 Å². The Hall–Kier alpha value is -0.570. The largest absolute Gasteiger partial charge is 0.383 e. The van der Waals surface area contributed by atoms with Crippen LogP contribution in [0.15, 0.2) is 0 Å². The molecule has 0 radical (unpaired) electrons. The monoisotopic (exact) mass is 171 g/mol. The predicted molar refractivity (Wildman–Crippen MR) is 46.9 cm³/mol. The number of hydrogen-bond acceptors (Lipinski definition) is 2. The summed E-state index contributed by atoms with van der Waals surface area (Å²) in [5.41, 5.74) is 0. The van der Waals surface area contributed by atoms with E-state index < -0.39 is 0 Å². The number of methoxy groups -OCH3 is 1. The highest BCUT2D eigenvalue weighted by molar-refractivity contribution is 5.76. The lowest BCUT2D eigenvalue weighted by atomic mass is 10.00. The molecule has 0 aliphatic carbocycles. The van der Waals surface area contributed by atoms with Crippen molar-refractivity contribution >= 4 is 5.91 Å². The van der Waals surface area contributed by atoms with E-state index in [-0.39, 0.29) is 5.91 Å². The van der Waals surface area contributed by atoms with Gasteiger partial charge in [0.25, 0.3) is 0 Å². The van der Waals surface area contributed by atoms with E-state index in [0.29, 0.717) is 18.9 Å². The summed E-state index contributed by atoms with van der Waals surface area (Å²) >= 11 is 0. The fraction of sp³-hybridized carbons (Fsp3) is 0.889. The Balaban J connectivity index is 2.33. The number of ether oxygens (including phenoxy) is 1. The van der Waals surface area contributed by atoms with Crippen LogP contribution in [0.25, 0.3) is 0 Å². The Morgan fingerprint density at radius 2 is 2.42 bits per heavy atom. The molecule has 3 nitrogen and oxygen atoms in total. The summed E-state index contributed by atoms with van der Waals surface area (Å²) in [6.07, 6.45) is 1.76. The van der Waals surface area contributed by atoms with E-state index in [1.165, 1.54) is 0 Å². The van der Waals surface area contributed by atoms with Gasteiger partial charge < -0.3 is 9.64 Å². The first kappa shape index (κ1) is 9.52. The molecule has 0 bridgehead atoms. The summed E-state index contributed by atoms with van der Waals surface area (Å²) in [4.78, 5) is 13.2. The average molecular weight is 171 g/mol. The Morgan fingerprint density at radius 1 is 1.67 bits per heavy atom. The van der Waals surface area contributed by atoms with Gasteiger partial charge in [0.2, 0.25) is 5.91 Å². The quantitative estimate of drug-likeness (QED) is 0.631. The second-order valence-corrected chi connectivity index (χ2v) is 3.48. The number of rotatable bonds is 3. The van der Waals surface area contributed by atoms with Crippen LogP contribution in [0.1, 0.15) is 19.8 Å². The van der Waals surface area contributed by atoms with Crippen LogP contribution in [0.2, 0.25) is 0 Å². The molecule has 1 saturated heterocycles. The number of carbonyl (C=O) groups excluding carboxylic acids is 1. The van der Waals surface area contributed by atoms with Gasteiger partial charge in [0.15, 0.2) is 0 Å². The van der Waals surface area contributed by atoms with Crippen LogP contribution in [0.5, 0.6) is 0 Å². The van der Waals surface area contributed by atoms with Gasteiger partial charge in [-0.05, 0) is 12.3 Å². The first-order valence-electron chi connectivity index (χ1n) is 4.50. The first-order chi connectivity index (χ1) is 5.74. The molecule has 1 aliphatic rings. The van der Waals surface area contributed by atoms with Crippen molar-refractivity contribution in [1.82, 2.24) is 4.90 Å². The molecule has 0 N–H and O–H groups in total. The van der Waals surface area contributed by atoms with E-state index in [1.54, 1.807) is 7.11 Å². The normalized spacial score (nSPS) is 24.7. The predicted octanol–water partition coefficient (Wildman–Crippen LogP) is 0.891. The van der Waals surface area contributed by atoms with Crippen molar-refractivity contribution in [3.05, 3.63) is 0 Å². The number of hydrogen-bond donors (Lipinski definition) is 0. The Bertz CT molecular complexity index is 159. The van der Waals surface area contributed by atoms with E-state index in [2.05, 4.69) is 6.92 Å². The van der Waals surface area contributed by atoms with E-state index in [9.17, 15) is 4.79 Å². The third-order valence-corrected chi connectivity index (χ3v) is 2.30. The maximum atomic E-state index is 11.3. The molecule has 3 heteroatoms. The van der Waals surface area contributed by atoms with Gasteiger partial charge in [-0.1, -0.05) is 6.92 Å². The van der Waals surface area contributed by atoms with Crippen molar-refractivity contribution in [1.29, 1.82) is 0 Å². The van der Waals surface area contributed by atoms with Gasteiger partial charge in [0, 0.05) is 26.6 Å². The minimum atomic E-state index is 0.283. The lowest BCUT2D eigenvalue weighted by Gasteiger charge is -2.30. The van der Waals surface area contributed by atoms with Crippen molar-refractivity contribution in [3.63, 3.8) is 0 Å². The molecule has 0 aromatic heterocycles. The highest BCUT2D eigenvalue weighted by atomic mass is 16.5. The summed E-state index contributed by atoms with van der Waals surface area (Å²) in [6, 6.07) is 0. The van der Waals surface area contributed by atoms with Crippen LogP contribution in [0.3, 0.4) is 0 Å². The van der Waals surface area contributed by atoms with E-state index in [0.717, 1.165) is 19.5 Å². The molecule has 0 aromatic carbocycles. The lowest BCUT2D eigenvalue weighted by molar-refractivity contribution is -0.135. The van der Waals surface area contributed by atoms with Crippen LogP contribution in [0, 0.1) is 5.92 Å². The average Bonchev–Trinajstić information content (AvgIpc) is 2.07. The summed E-state index contributed by atoms with van der Waals surface area (Å²) in [7, 11) is 1.66. The van der Waals surface area contributed by atoms with E-state index in [4.69, 9.17) is 4.74 Å². The molecule has 1 aliphatic heterocycles. The number of likely N-dealkylation sites (tertiary alicyclic amines) is 1. The molecular formula is C9H17NO2. The fourth-order valence-corrected chi connectivity index (χ4v) is 1.51. The van der Waals surface area contributed by atoms with Crippen molar-refractivity contribution < 1.29 is 9.53 Å². The van der Waals surface area contributed by atoms with Gasteiger partial charge in [0.1, 0.15) is 0 Å². The van der Waals surface area contributed by atoms with Crippen molar-refractivity contribution in [2.75, 3.05) is 26.8 Å². The Morgan fingerprint density at radius 3 is 3.08 bits per heavy atom. The van der Waals surface area contributed by atoms with Crippen LogP contribution >= 0.6 is 0 Å². The molecule has 0 saturated carbocycles. The molecule has 12 heavy (non-hydrogen) atoms. The highest BCUT2D eigenvalue weighted by Crippen LogP contribution is 2.15. The molecule has 1 rings (SSSR count). The lowest BCUT2D eigenvalue weighted by Crippen LogP contribution is -2.40. The molecule has 1 atom stereocenters. The van der Waals surface area contributed by atoms with E-state index >= 15 is 0 Å². The number of piperidine rings is 1. The molecule has 1 unspecified atom stereocenters. The van der Waals surface area contributed by atoms with Gasteiger partial charge >= 0.3 is 0 Å². The molecule has 1 fully saturated rings. The third-order valence-electron chi connectivity index (χ3n) is 2.30. The second kappa shape index (κ2) is 4.45. The first-order valence-corrected chi connectivity index (χ1v) is 4.50. The van der Waals surface area contributed by atoms with Crippen molar-refractivity contribution in [2.24, 2.45) is 5.92 Å². The number of nitrogens with zero attached hydrogens (tertiary/aromatic N) is 1. The topological polar surface area (TPSA) is 29.5 Å². The molecule has 1 heterocycles. The van der Waals surface area contributed by atoms with Gasteiger partial charge in [-0.2, -0.15) is 0 Å². The van der Waals surface area contributed by atoms with Gasteiger partial charge in [-0.3, -0.25) is 4.79 Å². The number of amides is 1. The zero-order valence-electron chi connectivity index (χ0n) is 7.88. The Labute approximate surface area is 73.7 Å². The van der Waals surface area contributed by atoms with Gasteiger partial charge in [-0.25, -0.2) is 0 Å². The SMILES string of the molecule is COCCN1CC(C)CCC1=O. The maximum absolute atomic E-state index is 11.3. The fourth-order valence-electron chi connectivity index (χ4n) is 1.51. The smallest absolute Gasteiger partial charge is 0.222 e. The summed E-state index contributed by atoms with van der Waals surface area (Å²) in [5.74, 6) is 0.935. The van der Waals surface area contributed by atoms with Crippen LogP contribution in [0.4, 0.5) is 0 Å². The minimum absolute atomic E-state index is 0.283. The summed E-state index contributed by atoms with van der Waals surface area (Å²) in [6.45, 7) is 4.49. The Kier molecular flexibility index (Phi) is 3.53. The zero-order valence-corrected chi connectivity index (χ0v) is 7.88. The van der Waals surface area contributed by atoms with Crippen LogP contribution in [-0.2, 0) is 9.53 Å². The molecule has 0 aromatic rings. The third kappa shape index (κ3) is 2.48. The second-order valence-electron chi connectivity index (χ2n) is 3.48. The molecule has 1 amide bonds. The zero-order chi connectivity index (χ0) is 8.97. The van der Waals surface area contributed by atoms with Crippen molar-refractivity contribution in [2.45, 2.75) is 19.8 Å². The standard InChI is InChI=1S/C9H17NO2/c1-8-3-4-9(11)10(7-8)5-6-12-2/h8H,3-7H2,1-2H3. The van der Waals surface area contributed by atoms with Crippen LogP contribution < -0.4 is 0 Å². The van der Waals surface area contributed by atoms with Gasteiger partial charge in [-0.15, -0.1) is 0 Å².